The molecule has 1 amide bonds. The number of hydrogen-bond acceptors (Lipinski definition) is 4. The van der Waals surface area contributed by atoms with Crippen LogP contribution in [0, 0.1) is 11.3 Å². The lowest BCUT2D eigenvalue weighted by Gasteiger charge is -2.29. The normalized spacial score (nSPS) is 20.0. The fraction of sp³-hybridized carbons (Fsp3) is 0.625. The number of aromatic nitrogens is 1. The molecular weight excluding hydrogens is 264 g/mol. The van der Waals surface area contributed by atoms with Crippen LogP contribution in [0.15, 0.2) is 18.3 Å². The lowest BCUT2D eigenvalue weighted by atomic mass is 9.77. The molecule has 0 aromatic carbocycles. The number of hydrazine groups is 1. The van der Waals surface area contributed by atoms with Crippen LogP contribution in [0.25, 0.3) is 0 Å². The number of carbonyl (C=O) groups is 1. The summed E-state index contributed by atoms with van der Waals surface area (Å²) >= 11 is 0. The third kappa shape index (κ3) is 3.94. The molecule has 116 valence electrons. The Kier molecular flexibility index (Phi) is 4.83. The molecule has 5 heteroatoms. The summed E-state index contributed by atoms with van der Waals surface area (Å²) in [7, 11) is 0. The molecular formula is C16H26N4O. The maximum absolute atomic E-state index is 12.6. The number of hydrogen-bond donors (Lipinski definition) is 2. The lowest BCUT2D eigenvalue weighted by molar-refractivity contribution is 0.0755. The van der Waals surface area contributed by atoms with Crippen molar-refractivity contribution in [3.8, 4) is 0 Å². The number of pyridine rings is 1. The molecule has 1 fully saturated rings. The van der Waals surface area contributed by atoms with Crippen molar-refractivity contribution < 1.29 is 4.79 Å². The predicted molar refractivity (Wildman–Crippen MR) is 84.7 cm³/mol. The second-order valence-corrected chi connectivity index (χ2v) is 6.86. The second-order valence-electron chi connectivity index (χ2n) is 6.86. The highest BCUT2D eigenvalue weighted by Gasteiger charge is 2.28. The van der Waals surface area contributed by atoms with Gasteiger partial charge in [0, 0.05) is 24.8 Å². The van der Waals surface area contributed by atoms with Gasteiger partial charge in [-0.2, -0.15) is 0 Å². The standard InChI is InChI=1S/C16H26N4O/c1-16(2,3)13-5-4-9-20(10-7-13)15(21)12-6-8-18-14(11-12)19-17/h6,8,11,13H,4-5,7,9-10,17H2,1-3H3,(H,18,19). The van der Waals surface area contributed by atoms with E-state index >= 15 is 0 Å². The molecule has 0 bridgehead atoms. The van der Waals surface area contributed by atoms with E-state index in [1.54, 1.807) is 18.3 Å². The van der Waals surface area contributed by atoms with Gasteiger partial charge in [-0.3, -0.25) is 4.79 Å². The average molecular weight is 290 g/mol. The molecule has 5 nitrogen and oxygen atoms in total. The first-order chi connectivity index (χ1) is 9.91. The van der Waals surface area contributed by atoms with Gasteiger partial charge in [-0.25, -0.2) is 10.8 Å². The minimum absolute atomic E-state index is 0.0726. The SMILES string of the molecule is CC(C)(C)C1CCCN(C(=O)c2ccnc(NN)c2)CC1. The summed E-state index contributed by atoms with van der Waals surface area (Å²) in [5, 5.41) is 0. The third-order valence-corrected chi connectivity index (χ3v) is 4.39. The maximum atomic E-state index is 12.6. The zero-order valence-corrected chi connectivity index (χ0v) is 13.2. The van der Waals surface area contributed by atoms with Crippen molar-refractivity contribution in [3.05, 3.63) is 23.9 Å². The van der Waals surface area contributed by atoms with Crippen LogP contribution in [-0.2, 0) is 0 Å². The van der Waals surface area contributed by atoms with Crippen molar-refractivity contribution in [3.63, 3.8) is 0 Å². The van der Waals surface area contributed by atoms with Gasteiger partial charge < -0.3 is 10.3 Å². The zero-order valence-electron chi connectivity index (χ0n) is 13.2. The predicted octanol–water partition coefficient (Wildman–Crippen LogP) is 2.66. The Bertz CT molecular complexity index is 495. The molecule has 1 aromatic heterocycles. The van der Waals surface area contributed by atoms with Crippen molar-refractivity contribution in [1.82, 2.24) is 9.88 Å². The Hall–Kier alpha value is -1.62. The third-order valence-electron chi connectivity index (χ3n) is 4.39. The van der Waals surface area contributed by atoms with Crippen LogP contribution in [0.3, 0.4) is 0 Å². The quantitative estimate of drug-likeness (QED) is 0.649. The zero-order chi connectivity index (χ0) is 15.5. The first-order valence-electron chi connectivity index (χ1n) is 7.64. The molecule has 3 N–H and O–H groups in total. The fourth-order valence-corrected chi connectivity index (χ4v) is 2.99. The second kappa shape index (κ2) is 6.43. The molecule has 1 saturated heterocycles. The summed E-state index contributed by atoms with van der Waals surface area (Å²) in [6.07, 6.45) is 4.94. The first kappa shape index (κ1) is 15.8. The van der Waals surface area contributed by atoms with Crippen molar-refractivity contribution in [2.75, 3.05) is 18.5 Å². The summed E-state index contributed by atoms with van der Waals surface area (Å²) in [6.45, 7) is 8.53. The van der Waals surface area contributed by atoms with Gasteiger partial charge in [-0.15, -0.1) is 0 Å². The number of nitrogens with zero attached hydrogens (tertiary/aromatic N) is 2. The van der Waals surface area contributed by atoms with Gasteiger partial charge >= 0.3 is 0 Å². The smallest absolute Gasteiger partial charge is 0.254 e. The van der Waals surface area contributed by atoms with E-state index in [0.717, 1.165) is 25.9 Å². The number of amides is 1. The van der Waals surface area contributed by atoms with E-state index in [9.17, 15) is 4.79 Å². The Balaban J connectivity index is 2.06. The van der Waals surface area contributed by atoms with Crippen molar-refractivity contribution in [2.24, 2.45) is 17.2 Å². The van der Waals surface area contributed by atoms with Gasteiger partial charge in [0.25, 0.3) is 5.91 Å². The van der Waals surface area contributed by atoms with E-state index in [4.69, 9.17) is 5.84 Å². The fourth-order valence-electron chi connectivity index (χ4n) is 2.99. The highest BCUT2D eigenvalue weighted by molar-refractivity contribution is 5.94. The molecule has 1 aromatic rings. The highest BCUT2D eigenvalue weighted by Crippen LogP contribution is 2.34. The average Bonchev–Trinajstić information content (AvgIpc) is 2.72. The van der Waals surface area contributed by atoms with Crippen LogP contribution in [0.1, 0.15) is 50.4 Å². The molecule has 0 aliphatic carbocycles. The summed E-state index contributed by atoms with van der Waals surface area (Å²) < 4.78 is 0. The van der Waals surface area contributed by atoms with Crippen molar-refractivity contribution in [1.29, 1.82) is 0 Å². The topological polar surface area (TPSA) is 71.2 Å². The number of nitrogens with two attached hydrogens (primary N) is 1. The van der Waals surface area contributed by atoms with Crippen LogP contribution in [0.4, 0.5) is 5.82 Å². The Labute approximate surface area is 126 Å². The maximum Gasteiger partial charge on any atom is 0.254 e. The molecule has 0 radical (unpaired) electrons. The van der Waals surface area contributed by atoms with E-state index in [-0.39, 0.29) is 5.91 Å². The molecule has 2 heterocycles. The monoisotopic (exact) mass is 290 g/mol. The Morgan fingerprint density at radius 3 is 2.81 bits per heavy atom. The van der Waals surface area contributed by atoms with E-state index < -0.39 is 0 Å². The van der Waals surface area contributed by atoms with Crippen LogP contribution < -0.4 is 11.3 Å². The summed E-state index contributed by atoms with van der Waals surface area (Å²) in [6, 6.07) is 3.45. The summed E-state index contributed by atoms with van der Waals surface area (Å²) in [4.78, 5) is 18.6. The van der Waals surface area contributed by atoms with E-state index in [1.165, 1.54) is 6.42 Å². The molecule has 1 atom stereocenters. The number of nitrogen functional groups attached to an aromatic ring is 1. The molecule has 2 rings (SSSR count). The summed E-state index contributed by atoms with van der Waals surface area (Å²) in [5.41, 5.74) is 3.44. The lowest BCUT2D eigenvalue weighted by Crippen LogP contribution is -2.32. The van der Waals surface area contributed by atoms with Gasteiger partial charge in [0.1, 0.15) is 5.82 Å². The first-order valence-corrected chi connectivity index (χ1v) is 7.64. The molecule has 1 unspecified atom stereocenters. The largest absolute Gasteiger partial charge is 0.339 e. The summed E-state index contributed by atoms with van der Waals surface area (Å²) in [5.74, 6) is 6.62. The molecule has 0 spiro atoms. The Morgan fingerprint density at radius 1 is 1.38 bits per heavy atom. The van der Waals surface area contributed by atoms with Gasteiger partial charge in [0.15, 0.2) is 0 Å². The number of carbonyl (C=O) groups excluding carboxylic acids is 1. The minimum atomic E-state index is 0.0726. The molecule has 1 aliphatic heterocycles. The van der Waals surface area contributed by atoms with Crippen LogP contribution in [0.5, 0.6) is 0 Å². The Morgan fingerprint density at radius 2 is 2.14 bits per heavy atom. The van der Waals surface area contributed by atoms with Crippen LogP contribution in [0.2, 0.25) is 0 Å². The van der Waals surface area contributed by atoms with Gasteiger partial charge in [0.2, 0.25) is 0 Å². The van der Waals surface area contributed by atoms with E-state index in [0.29, 0.717) is 22.7 Å². The van der Waals surface area contributed by atoms with Gasteiger partial charge in [-0.1, -0.05) is 20.8 Å². The highest BCUT2D eigenvalue weighted by atomic mass is 16.2. The number of likely N-dealkylation sites (tertiary alicyclic amines) is 1. The van der Waals surface area contributed by atoms with Crippen LogP contribution in [-0.4, -0.2) is 28.9 Å². The van der Waals surface area contributed by atoms with Crippen LogP contribution >= 0.6 is 0 Å². The van der Waals surface area contributed by atoms with Gasteiger partial charge in [0.05, 0.1) is 0 Å². The number of nitrogens with one attached hydrogen (secondary N) is 1. The van der Waals surface area contributed by atoms with E-state index in [2.05, 4.69) is 31.2 Å². The van der Waals surface area contributed by atoms with Gasteiger partial charge in [-0.05, 0) is 42.7 Å². The molecule has 21 heavy (non-hydrogen) atoms. The molecule has 1 aliphatic rings. The van der Waals surface area contributed by atoms with Crippen molar-refractivity contribution in [2.45, 2.75) is 40.0 Å². The molecule has 0 saturated carbocycles. The van der Waals surface area contributed by atoms with E-state index in [1.807, 2.05) is 4.90 Å². The minimum Gasteiger partial charge on any atom is -0.339 e. The number of rotatable bonds is 2. The number of anilines is 1. The van der Waals surface area contributed by atoms with Crippen molar-refractivity contribution >= 4 is 11.7 Å².